The summed E-state index contributed by atoms with van der Waals surface area (Å²) < 4.78 is 5.37. The smallest absolute Gasteiger partial charge is 0.414 e. The number of benzene rings is 1. The van der Waals surface area contributed by atoms with Crippen LogP contribution < -0.4 is 4.90 Å². The quantitative estimate of drug-likeness (QED) is 0.902. The number of carboxylic acid groups (broad SMARTS) is 1. The summed E-state index contributed by atoms with van der Waals surface area (Å²) in [6.07, 6.45) is 0.257. The fourth-order valence-corrected chi connectivity index (χ4v) is 2.34. The van der Waals surface area contributed by atoms with Crippen LogP contribution in [0.2, 0.25) is 0 Å². The van der Waals surface area contributed by atoms with Crippen LogP contribution in [0.3, 0.4) is 0 Å². The third kappa shape index (κ3) is 3.10. The molecule has 0 bridgehead atoms. The van der Waals surface area contributed by atoms with E-state index in [4.69, 9.17) is 9.84 Å². The van der Waals surface area contributed by atoms with Gasteiger partial charge >= 0.3 is 12.1 Å². The first kappa shape index (κ1) is 14.4. The van der Waals surface area contributed by atoms with E-state index in [9.17, 15) is 9.59 Å². The van der Waals surface area contributed by atoms with E-state index in [0.29, 0.717) is 13.0 Å². The van der Waals surface area contributed by atoms with E-state index in [1.165, 1.54) is 0 Å². The number of ether oxygens (including phenoxy) is 1. The number of amides is 1. The molecule has 0 unspecified atom stereocenters. The summed E-state index contributed by atoms with van der Waals surface area (Å²) in [5.41, 5.74) is 1.92. The lowest BCUT2D eigenvalue weighted by Crippen LogP contribution is -2.35. The Morgan fingerprint density at radius 2 is 2.05 bits per heavy atom. The molecule has 20 heavy (non-hydrogen) atoms. The van der Waals surface area contributed by atoms with E-state index in [2.05, 4.69) is 0 Å². The van der Waals surface area contributed by atoms with Crippen LogP contribution >= 0.6 is 0 Å². The second-order valence-electron chi connectivity index (χ2n) is 5.87. The topological polar surface area (TPSA) is 66.8 Å². The van der Waals surface area contributed by atoms with Gasteiger partial charge in [0.15, 0.2) is 0 Å². The zero-order valence-electron chi connectivity index (χ0n) is 12.0. The number of hydrogen-bond donors (Lipinski definition) is 1. The van der Waals surface area contributed by atoms with E-state index in [0.717, 1.165) is 16.8 Å². The molecule has 0 spiro atoms. The monoisotopic (exact) mass is 277 g/mol. The average molecular weight is 277 g/mol. The molecule has 1 aliphatic rings. The molecule has 1 amide bonds. The van der Waals surface area contributed by atoms with Crippen LogP contribution in [0.15, 0.2) is 18.2 Å². The van der Waals surface area contributed by atoms with E-state index in [1.807, 2.05) is 26.8 Å². The molecule has 1 aromatic rings. The first-order valence-electron chi connectivity index (χ1n) is 6.61. The van der Waals surface area contributed by atoms with Gasteiger partial charge in [0.1, 0.15) is 5.60 Å². The molecule has 2 rings (SSSR count). The van der Waals surface area contributed by atoms with Crippen LogP contribution in [0.1, 0.15) is 31.9 Å². The summed E-state index contributed by atoms with van der Waals surface area (Å²) >= 11 is 0. The van der Waals surface area contributed by atoms with E-state index < -0.39 is 11.6 Å². The van der Waals surface area contributed by atoms with Gasteiger partial charge in [-0.3, -0.25) is 9.69 Å². The number of carboxylic acids is 1. The van der Waals surface area contributed by atoms with Gasteiger partial charge in [0.05, 0.1) is 12.1 Å². The molecule has 1 heterocycles. The second-order valence-corrected chi connectivity index (χ2v) is 5.87. The molecule has 5 nitrogen and oxygen atoms in total. The van der Waals surface area contributed by atoms with Gasteiger partial charge in [-0.25, -0.2) is 4.79 Å². The molecule has 0 radical (unpaired) electrons. The Labute approximate surface area is 118 Å². The highest BCUT2D eigenvalue weighted by molar-refractivity contribution is 5.91. The molecule has 0 atom stereocenters. The van der Waals surface area contributed by atoms with Gasteiger partial charge in [0.25, 0.3) is 0 Å². The lowest BCUT2D eigenvalue weighted by Gasteiger charge is -2.24. The van der Waals surface area contributed by atoms with Crippen molar-refractivity contribution in [2.75, 3.05) is 11.4 Å². The van der Waals surface area contributed by atoms with Gasteiger partial charge in [-0.2, -0.15) is 0 Å². The van der Waals surface area contributed by atoms with Crippen molar-refractivity contribution in [2.24, 2.45) is 0 Å². The van der Waals surface area contributed by atoms with Crippen LogP contribution in [0.4, 0.5) is 10.5 Å². The molecule has 0 aromatic heterocycles. The predicted molar refractivity (Wildman–Crippen MR) is 75.1 cm³/mol. The van der Waals surface area contributed by atoms with Crippen LogP contribution in [-0.2, 0) is 22.4 Å². The Hall–Kier alpha value is -2.04. The minimum Gasteiger partial charge on any atom is -0.481 e. The van der Waals surface area contributed by atoms with Gasteiger partial charge in [0, 0.05) is 6.54 Å². The van der Waals surface area contributed by atoms with Gasteiger partial charge in [0.2, 0.25) is 0 Å². The van der Waals surface area contributed by atoms with Gasteiger partial charge in [-0.15, -0.1) is 0 Å². The maximum Gasteiger partial charge on any atom is 0.414 e. The summed E-state index contributed by atoms with van der Waals surface area (Å²) in [5, 5.41) is 8.92. The molecule has 5 heteroatoms. The van der Waals surface area contributed by atoms with E-state index in [-0.39, 0.29) is 12.5 Å². The Morgan fingerprint density at radius 1 is 1.35 bits per heavy atom. The van der Waals surface area contributed by atoms with Crippen molar-refractivity contribution in [1.82, 2.24) is 0 Å². The third-order valence-electron chi connectivity index (χ3n) is 3.08. The summed E-state index contributed by atoms with van der Waals surface area (Å²) in [6, 6.07) is 5.41. The minimum absolute atomic E-state index is 0.0225. The first-order chi connectivity index (χ1) is 9.28. The highest BCUT2D eigenvalue weighted by Crippen LogP contribution is 2.32. The summed E-state index contributed by atoms with van der Waals surface area (Å²) in [5.74, 6) is -0.867. The predicted octanol–water partition coefficient (Wildman–Crippen LogP) is 2.61. The molecule has 0 fully saturated rings. The van der Waals surface area contributed by atoms with Crippen molar-refractivity contribution in [3.05, 3.63) is 29.3 Å². The second kappa shape index (κ2) is 5.15. The molecule has 0 aliphatic carbocycles. The molecule has 108 valence electrons. The largest absolute Gasteiger partial charge is 0.481 e. The minimum atomic E-state index is -0.867. The van der Waals surface area contributed by atoms with Crippen LogP contribution in [-0.4, -0.2) is 29.3 Å². The molecular weight excluding hydrogens is 258 g/mol. The zero-order valence-corrected chi connectivity index (χ0v) is 12.0. The number of rotatable bonds is 2. The maximum absolute atomic E-state index is 12.1. The van der Waals surface area contributed by atoms with Gasteiger partial charge in [-0.1, -0.05) is 12.1 Å². The van der Waals surface area contributed by atoms with Crippen molar-refractivity contribution < 1.29 is 19.4 Å². The highest BCUT2D eigenvalue weighted by atomic mass is 16.6. The fraction of sp³-hybridized carbons (Fsp3) is 0.467. The van der Waals surface area contributed by atoms with Gasteiger partial charge in [-0.05, 0) is 44.4 Å². The van der Waals surface area contributed by atoms with Crippen molar-refractivity contribution >= 4 is 17.7 Å². The number of carbonyl (C=O) groups is 2. The first-order valence-corrected chi connectivity index (χ1v) is 6.61. The molecule has 1 aromatic carbocycles. The highest BCUT2D eigenvalue weighted by Gasteiger charge is 2.30. The third-order valence-corrected chi connectivity index (χ3v) is 3.08. The van der Waals surface area contributed by atoms with E-state index in [1.54, 1.807) is 17.0 Å². The maximum atomic E-state index is 12.1. The van der Waals surface area contributed by atoms with Crippen molar-refractivity contribution in [1.29, 1.82) is 0 Å². The van der Waals surface area contributed by atoms with Crippen LogP contribution in [0.25, 0.3) is 0 Å². The Kier molecular flexibility index (Phi) is 3.70. The SMILES string of the molecule is CC(C)(C)OC(=O)N1CCc2c(CC(=O)O)cccc21. The summed E-state index contributed by atoms with van der Waals surface area (Å²) in [7, 11) is 0. The summed E-state index contributed by atoms with van der Waals surface area (Å²) in [6.45, 7) is 6.00. The number of hydrogen-bond acceptors (Lipinski definition) is 3. The number of carbonyl (C=O) groups excluding carboxylic acids is 1. The number of nitrogens with zero attached hydrogens (tertiary/aromatic N) is 1. The standard InChI is InChI=1S/C15H19NO4/c1-15(2,3)20-14(19)16-8-7-11-10(9-13(17)18)5-4-6-12(11)16/h4-6H,7-9H2,1-3H3,(H,17,18). The van der Waals surface area contributed by atoms with Crippen molar-refractivity contribution in [3.63, 3.8) is 0 Å². The number of aliphatic carboxylic acids is 1. The number of anilines is 1. The molecular formula is C15H19NO4. The Morgan fingerprint density at radius 3 is 2.65 bits per heavy atom. The average Bonchev–Trinajstić information content (AvgIpc) is 2.70. The van der Waals surface area contributed by atoms with Crippen molar-refractivity contribution in [3.8, 4) is 0 Å². The Bertz CT molecular complexity index is 545. The molecule has 1 aliphatic heterocycles. The Balaban J connectivity index is 2.25. The number of fused-ring (bicyclic) bond motifs is 1. The normalized spacial score (nSPS) is 14.1. The summed E-state index contributed by atoms with van der Waals surface area (Å²) in [4.78, 5) is 24.6. The lowest BCUT2D eigenvalue weighted by atomic mass is 10.0. The molecule has 1 N–H and O–H groups in total. The van der Waals surface area contributed by atoms with E-state index >= 15 is 0 Å². The van der Waals surface area contributed by atoms with Crippen molar-refractivity contribution in [2.45, 2.75) is 39.2 Å². The van der Waals surface area contributed by atoms with Crippen LogP contribution in [0, 0.1) is 0 Å². The molecule has 0 saturated carbocycles. The van der Waals surface area contributed by atoms with Crippen LogP contribution in [0.5, 0.6) is 0 Å². The molecule has 0 saturated heterocycles. The zero-order chi connectivity index (χ0) is 14.9. The van der Waals surface area contributed by atoms with Gasteiger partial charge < -0.3 is 9.84 Å². The fourth-order valence-electron chi connectivity index (χ4n) is 2.34. The lowest BCUT2D eigenvalue weighted by molar-refractivity contribution is -0.136.